The lowest BCUT2D eigenvalue weighted by Gasteiger charge is -2.24. The van der Waals surface area contributed by atoms with E-state index in [1.807, 2.05) is 6.07 Å². The molecule has 0 radical (unpaired) electrons. The fourth-order valence-electron chi connectivity index (χ4n) is 4.38. The number of benzene rings is 2. The predicted octanol–water partition coefficient (Wildman–Crippen LogP) is 3.98. The number of nitrogens with zero attached hydrogens (tertiary/aromatic N) is 3. The highest BCUT2D eigenvalue weighted by Crippen LogP contribution is 2.32. The van der Waals surface area contributed by atoms with Crippen LogP contribution in [0.25, 0.3) is 17.4 Å². The minimum atomic E-state index is -0.759. The second-order valence-corrected chi connectivity index (χ2v) is 9.59. The summed E-state index contributed by atoms with van der Waals surface area (Å²) in [7, 11) is 1.55. The number of allylic oxidation sites excluding steroid dienone is 1. The summed E-state index contributed by atoms with van der Waals surface area (Å²) >= 11 is 1.18. The average Bonchev–Trinajstić information content (AvgIpc) is 3.52. The average molecular weight is 546 g/mol. The van der Waals surface area contributed by atoms with Gasteiger partial charge in [-0.2, -0.15) is 0 Å². The lowest BCUT2D eigenvalue weighted by molar-refractivity contribution is -0.384. The number of nitro benzene ring substituents is 1. The first-order chi connectivity index (χ1) is 18.8. The van der Waals surface area contributed by atoms with Crippen LogP contribution in [0.5, 0.6) is 5.75 Å². The summed E-state index contributed by atoms with van der Waals surface area (Å²) in [5, 5.41) is 10.9. The van der Waals surface area contributed by atoms with Gasteiger partial charge in [-0.3, -0.25) is 19.5 Å². The smallest absolute Gasteiger partial charge is 0.338 e. The van der Waals surface area contributed by atoms with Gasteiger partial charge in [-0.15, -0.1) is 0 Å². The van der Waals surface area contributed by atoms with Crippen LogP contribution in [-0.4, -0.2) is 29.2 Å². The van der Waals surface area contributed by atoms with Crippen molar-refractivity contribution in [2.45, 2.75) is 19.9 Å². The molecular formula is C28H23N3O7S. The first-order valence-corrected chi connectivity index (χ1v) is 12.8. The van der Waals surface area contributed by atoms with Crippen LogP contribution in [0.2, 0.25) is 0 Å². The molecule has 39 heavy (non-hydrogen) atoms. The summed E-state index contributed by atoms with van der Waals surface area (Å²) < 4.78 is 18.5. The number of carbonyl (C=O) groups excluding carboxylic acids is 1. The molecule has 0 saturated carbocycles. The fraction of sp³-hybridized carbons (Fsp3) is 0.179. The summed E-state index contributed by atoms with van der Waals surface area (Å²) in [5.74, 6) is 0.966. The molecule has 10 nitrogen and oxygen atoms in total. The molecule has 0 spiro atoms. The Labute approximate surface area is 225 Å². The second kappa shape index (κ2) is 10.5. The van der Waals surface area contributed by atoms with E-state index < -0.39 is 16.9 Å². The van der Waals surface area contributed by atoms with E-state index >= 15 is 0 Å². The number of ether oxygens (including phenoxy) is 2. The van der Waals surface area contributed by atoms with Gasteiger partial charge in [0.25, 0.3) is 11.2 Å². The number of carbonyl (C=O) groups is 1. The van der Waals surface area contributed by atoms with Crippen molar-refractivity contribution in [3.05, 3.63) is 113 Å². The zero-order valence-corrected chi connectivity index (χ0v) is 22.1. The zero-order chi connectivity index (χ0) is 27.7. The molecule has 0 N–H and O–H groups in total. The number of aromatic nitrogens is 1. The van der Waals surface area contributed by atoms with Crippen molar-refractivity contribution >= 4 is 29.1 Å². The van der Waals surface area contributed by atoms with Gasteiger partial charge < -0.3 is 13.9 Å². The Morgan fingerprint density at radius 2 is 1.97 bits per heavy atom. The van der Waals surface area contributed by atoms with Crippen molar-refractivity contribution in [3.8, 4) is 17.1 Å². The van der Waals surface area contributed by atoms with Crippen LogP contribution < -0.4 is 19.6 Å². The molecule has 0 unspecified atom stereocenters. The first-order valence-electron chi connectivity index (χ1n) is 12.0. The van der Waals surface area contributed by atoms with Gasteiger partial charge >= 0.3 is 5.97 Å². The number of furan rings is 1. The number of rotatable bonds is 7. The molecule has 5 rings (SSSR count). The van der Waals surface area contributed by atoms with Crippen LogP contribution in [0.1, 0.15) is 31.2 Å². The third-order valence-electron chi connectivity index (χ3n) is 6.19. The Balaban J connectivity index is 1.60. The maximum Gasteiger partial charge on any atom is 0.338 e. The molecule has 0 saturated heterocycles. The van der Waals surface area contributed by atoms with Crippen molar-refractivity contribution in [2.75, 3.05) is 13.7 Å². The van der Waals surface area contributed by atoms with Gasteiger partial charge in [0.05, 0.1) is 40.5 Å². The van der Waals surface area contributed by atoms with Crippen molar-refractivity contribution in [3.63, 3.8) is 0 Å². The molecule has 3 heterocycles. The molecule has 0 amide bonds. The van der Waals surface area contributed by atoms with E-state index in [1.54, 1.807) is 69.5 Å². The lowest BCUT2D eigenvalue weighted by Crippen LogP contribution is -2.39. The Morgan fingerprint density at radius 1 is 1.21 bits per heavy atom. The molecule has 4 aromatic rings. The molecule has 198 valence electrons. The van der Waals surface area contributed by atoms with Gasteiger partial charge in [-0.25, -0.2) is 9.79 Å². The minimum absolute atomic E-state index is 0.0188. The number of hydrogen-bond acceptors (Lipinski definition) is 9. The lowest BCUT2D eigenvalue weighted by atomic mass is 9.95. The predicted molar refractivity (Wildman–Crippen MR) is 144 cm³/mol. The number of methoxy groups -OCH3 is 1. The van der Waals surface area contributed by atoms with Crippen molar-refractivity contribution in [1.82, 2.24) is 4.57 Å². The second-order valence-electron chi connectivity index (χ2n) is 8.58. The van der Waals surface area contributed by atoms with Gasteiger partial charge in [-0.1, -0.05) is 23.5 Å². The Hall–Kier alpha value is -4.77. The molecule has 2 aromatic carbocycles. The van der Waals surface area contributed by atoms with E-state index in [0.29, 0.717) is 43.4 Å². The maximum absolute atomic E-state index is 13.7. The van der Waals surface area contributed by atoms with Crippen molar-refractivity contribution in [1.29, 1.82) is 0 Å². The number of hydrogen-bond donors (Lipinski definition) is 0. The van der Waals surface area contributed by atoms with Gasteiger partial charge in [0.2, 0.25) is 0 Å². The zero-order valence-electron chi connectivity index (χ0n) is 21.2. The summed E-state index contributed by atoms with van der Waals surface area (Å²) in [5.41, 5.74) is 1.73. The van der Waals surface area contributed by atoms with Crippen LogP contribution in [0, 0.1) is 10.1 Å². The monoisotopic (exact) mass is 545 g/mol. The van der Waals surface area contributed by atoms with E-state index in [1.165, 1.54) is 28.0 Å². The summed E-state index contributed by atoms with van der Waals surface area (Å²) in [6.45, 7) is 3.62. The molecule has 0 bridgehead atoms. The summed E-state index contributed by atoms with van der Waals surface area (Å²) in [6, 6.07) is 15.9. The van der Waals surface area contributed by atoms with Gasteiger partial charge in [-0.05, 0) is 55.8 Å². The topological polar surface area (TPSA) is 126 Å². The van der Waals surface area contributed by atoms with Crippen LogP contribution in [0.3, 0.4) is 0 Å². The first kappa shape index (κ1) is 25.9. The minimum Gasteiger partial charge on any atom is -0.497 e. The molecule has 0 fully saturated rings. The number of non-ortho nitro benzene ring substituents is 1. The third-order valence-corrected chi connectivity index (χ3v) is 7.17. The molecule has 0 aliphatic carbocycles. The van der Waals surface area contributed by atoms with E-state index in [-0.39, 0.29) is 23.4 Å². The van der Waals surface area contributed by atoms with Gasteiger partial charge in [0.1, 0.15) is 17.3 Å². The van der Waals surface area contributed by atoms with Crippen LogP contribution in [-0.2, 0) is 9.53 Å². The largest absolute Gasteiger partial charge is 0.497 e. The number of esters is 1. The molecular weight excluding hydrogens is 522 g/mol. The summed E-state index contributed by atoms with van der Waals surface area (Å²) in [6.07, 6.45) is 1.62. The quantitative estimate of drug-likeness (QED) is 0.195. The van der Waals surface area contributed by atoms with E-state index in [4.69, 9.17) is 13.9 Å². The number of fused-ring (bicyclic) bond motifs is 1. The van der Waals surface area contributed by atoms with Gasteiger partial charge in [0, 0.05) is 23.8 Å². The normalized spacial score (nSPS) is 15.1. The molecule has 1 atom stereocenters. The molecule has 1 aliphatic rings. The maximum atomic E-state index is 13.7. The van der Waals surface area contributed by atoms with Crippen molar-refractivity contribution < 1.29 is 23.6 Å². The van der Waals surface area contributed by atoms with E-state index in [2.05, 4.69) is 4.99 Å². The molecule has 1 aliphatic heterocycles. The third kappa shape index (κ3) is 4.91. The summed E-state index contributed by atoms with van der Waals surface area (Å²) in [4.78, 5) is 42.2. The number of nitro groups is 1. The van der Waals surface area contributed by atoms with Crippen LogP contribution >= 0.6 is 11.3 Å². The number of thiazole rings is 1. The highest BCUT2D eigenvalue weighted by molar-refractivity contribution is 7.07. The fourth-order valence-corrected chi connectivity index (χ4v) is 5.41. The SMILES string of the molecule is CCOC(=O)C1=C(C)N=c2s/c(=C/c3ccc(-c4ccc([N+](=O)[O-])cc4)o3)c(=O)n2[C@H]1c1cccc(OC)c1. The van der Waals surface area contributed by atoms with E-state index in [9.17, 15) is 19.7 Å². The highest BCUT2D eigenvalue weighted by Gasteiger charge is 2.33. The Kier molecular flexibility index (Phi) is 6.99. The van der Waals surface area contributed by atoms with Crippen LogP contribution in [0.15, 0.2) is 86.1 Å². The highest BCUT2D eigenvalue weighted by atomic mass is 32.1. The van der Waals surface area contributed by atoms with Crippen molar-refractivity contribution in [2.24, 2.45) is 4.99 Å². The Morgan fingerprint density at radius 3 is 2.67 bits per heavy atom. The van der Waals surface area contributed by atoms with E-state index in [0.717, 1.165) is 0 Å². The Bertz CT molecular complexity index is 1800. The molecule has 11 heteroatoms. The van der Waals surface area contributed by atoms with Gasteiger partial charge in [0.15, 0.2) is 4.80 Å². The standard InChI is InChI=1S/C28H23N3O7S/c1-4-37-27(33)24-16(2)29-28-30(25(24)18-6-5-7-20(14-18)36-3)26(32)23(39-28)15-21-12-13-22(38-21)17-8-10-19(11-9-17)31(34)35/h5-15,25H,4H2,1-3H3/b23-15+/t25-/m0/s1. The molecule has 2 aromatic heterocycles. The van der Waals surface area contributed by atoms with Crippen LogP contribution in [0.4, 0.5) is 5.69 Å².